The van der Waals surface area contributed by atoms with Gasteiger partial charge < -0.3 is 18.6 Å². The van der Waals surface area contributed by atoms with E-state index in [9.17, 15) is 9.59 Å². The molecule has 1 fully saturated rings. The Balaban J connectivity index is 1.44. The fourth-order valence-electron chi connectivity index (χ4n) is 3.35. The molecule has 29 heavy (non-hydrogen) atoms. The van der Waals surface area contributed by atoms with Crippen LogP contribution in [0.3, 0.4) is 0 Å². The van der Waals surface area contributed by atoms with Gasteiger partial charge in [0.1, 0.15) is 11.5 Å². The van der Waals surface area contributed by atoms with Crippen molar-refractivity contribution in [1.82, 2.24) is 4.90 Å². The molecule has 1 aliphatic heterocycles. The van der Waals surface area contributed by atoms with Crippen molar-refractivity contribution in [2.45, 2.75) is 25.9 Å². The summed E-state index contributed by atoms with van der Waals surface area (Å²) in [5.41, 5.74) is 1.79. The molecule has 1 saturated heterocycles. The fourth-order valence-corrected chi connectivity index (χ4v) is 3.35. The van der Waals surface area contributed by atoms with Crippen LogP contribution in [-0.4, -0.2) is 23.3 Å². The maximum absolute atomic E-state index is 12.8. The molecule has 3 aromatic rings. The van der Waals surface area contributed by atoms with E-state index in [0.29, 0.717) is 31.0 Å². The quantitative estimate of drug-likeness (QED) is 0.566. The number of furan rings is 2. The largest absolute Gasteiger partial charge is 0.467 e. The molecule has 2 amide bonds. The van der Waals surface area contributed by atoms with Crippen molar-refractivity contribution in [3.63, 3.8) is 0 Å². The zero-order valence-electron chi connectivity index (χ0n) is 16.0. The van der Waals surface area contributed by atoms with Crippen molar-refractivity contribution in [1.29, 1.82) is 0 Å². The molecule has 3 heterocycles. The van der Waals surface area contributed by atoms with Crippen LogP contribution in [0.2, 0.25) is 0 Å². The molecule has 148 valence electrons. The third kappa shape index (κ3) is 4.66. The van der Waals surface area contributed by atoms with Crippen LogP contribution in [-0.2, 0) is 22.7 Å². The zero-order valence-corrected chi connectivity index (χ0v) is 16.0. The number of carbonyl (C=O) groups excluding carboxylic acids is 2. The lowest BCUT2D eigenvalue weighted by Crippen LogP contribution is -2.28. The second kappa shape index (κ2) is 8.65. The number of rotatable bonds is 7. The summed E-state index contributed by atoms with van der Waals surface area (Å²) in [5.74, 6) is 1.43. The van der Waals surface area contributed by atoms with E-state index in [2.05, 4.69) is 0 Å². The first-order valence-electron chi connectivity index (χ1n) is 9.61. The molecular formula is C23H22N2O4. The third-order valence-electron chi connectivity index (χ3n) is 4.86. The Hall–Kier alpha value is -3.54. The highest BCUT2D eigenvalue weighted by Gasteiger charge is 2.21. The molecule has 6 nitrogen and oxygen atoms in total. The SMILES string of the molecule is O=C(/C=C/c1ccc(N2CCCC2=O)cc1)N(Cc1ccco1)Cc1ccco1. The highest BCUT2D eigenvalue weighted by Crippen LogP contribution is 2.22. The average Bonchev–Trinajstić information content (AvgIpc) is 3.50. The average molecular weight is 390 g/mol. The number of anilines is 1. The first kappa shape index (κ1) is 18.8. The molecule has 0 atom stereocenters. The van der Waals surface area contributed by atoms with Crippen LogP contribution in [0.15, 0.2) is 76.0 Å². The molecule has 1 aromatic carbocycles. The first-order chi connectivity index (χ1) is 14.2. The van der Waals surface area contributed by atoms with E-state index in [4.69, 9.17) is 8.83 Å². The van der Waals surface area contributed by atoms with Crippen molar-refractivity contribution in [3.05, 3.63) is 84.2 Å². The van der Waals surface area contributed by atoms with E-state index < -0.39 is 0 Å². The Kier molecular flexibility index (Phi) is 5.61. The van der Waals surface area contributed by atoms with Gasteiger partial charge in [-0.25, -0.2) is 0 Å². The van der Waals surface area contributed by atoms with E-state index in [0.717, 1.165) is 24.2 Å². The van der Waals surface area contributed by atoms with Gasteiger partial charge in [-0.1, -0.05) is 12.1 Å². The Morgan fingerprint density at radius 3 is 2.17 bits per heavy atom. The molecule has 4 rings (SSSR count). The van der Waals surface area contributed by atoms with Crippen molar-refractivity contribution in [2.24, 2.45) is 0 Å². The molecule has 0 unspecified atom stereocenters. The lowest BCUT2D eigenvalue weighted by molar-refractivity contribution is -0.127. The van der Waals surface area contributed by atoms with Gasteiger partial charge in [-0.3, -0.25) is 9.59 Å². The Morgan fingerprint density at radius 1 is 1.00 bits per heavy atom. The van der Waals surface area contributed by atoms with Crippen molar-refractivity contribution >= 4 is 23.6 Å². The van der Waals surface area contributed by atoms with E-state index >= 15 is 0 Å². The molecule has 0 spiro atoms. The summed E-state index contributed by atoms with van der Waals surface area (Å²) in [6, 6.07) is 14.9. The van der Waals surface area contributed by atoms with Crippen LogP contribution < -0.4 is 4.90 Å². The molecule has 2 aromatic heterocycles. The van der Waals surface area contributed by atoms with Crippen LogP contribution in [0.4, 0.5) is 5.69 Å². The fraction of sp³-hybridized carbons (Fsp3) is 0.217. The van der Waals surface area contributed by atoms with Crippen LogP contribution in [0, 0.1) is 0 Å². The molecular weight excluding hydrogens is 368 g/mol. The second-order valence-electron chi connectivity index (χ2n) is 6.93. The van der Waals surface area contributed by atoms with Gasteiger partial charge in [0.05, 0.1) is 25.6 Å². The standard InChI is InChI=1S/C23H22N2O4/c26-22(24(16-20-4-2-14-28-20)17-21-5-3-15-29-21)12-9-18-7-10-19(11-8-18)25-13-1-6-23(25)27/h2-5,7-12,14-15H,1,6,13,16-17H2/b12-9+. The third-order valence-corrected chi connectivity index (χ3v) is 4.86. The van der Waals surface area contributed by atoms with Gasteiger partial charge in [-0.2, -0.15) is 0 Å². The predicted molar refractivity (Wildman–Crippen MR) is 109 cm³/mol. The summed E-state index contributed by atoms with van der Waals surface area (Å²) in [6.07, 6.45) is 8.01. The van der Waals surface area contributed by atoms with Crippen molar-refractivity contribution in [2.75, 3.05) is 11.4 Å². The first-order valence-corrected chi connectivity index (χ1v) is 9.61. The maximum atomic E-state index is 12.8. The van der Waals surface area contributed by atoms with Gasteiger partial charge in [0.25, 0.3) is 0 Å². The topological polar surface area (TPSA) is 66.9 Å². The number of hydrogen-bond acceptors (Lipinski definition) is 4. The van der Waals surface area contributed by atoms with E-state index in [1.54, 1.807) is 46.6 Å². The summed E-state index contributed by atoms with van der Waals surface area (Å²) in [4.78, 5) is 28.1. The van der Waals surface area contributed by atoms with Gasteiger partial charge in [0, 0.05) is 24.7 Å². The summed E-state index contributed by atoms with van der Waals surface area (Å²) in [5, 5.41) is 0. The number of benzene rings is 1. The van der Waals surface area contributed by atoms with Crippen molar-refractivity contribution < 1.29 is 18.4 Å². The Morgan fingerprint density at radius 2 is 1.66 bits per heavy atom. The maximum Gasteiger partial charge on any atom is 0.247 e. The lowest BCUT2D eigenvalue weighted by Gasteiger charge is -2.19. The highest BCUT2D eigenvalue weighted by molar-refractivity contribution is 5.95. The predicted octanol–water partition coefficient (Wildman–Crippen LogP) is 4.24. The molecule has 1 aliphatic rings. The molecule has 0 aliphatic carbocycles. The van der Waals surface area contributed by atoms with E-state index in [1.807, 2.05) is 36.4 Å². The number of hydrogen-bond donors (Lipinski definition) is 0. The van der Waals surface area contributed by atoms with Gasteiger partial charge in [0.15, 0.2) is 0 Å². The Labute approximate surface area is 169 Å². The summed E-state index contributed by atoms with van der Waals surface area (Å²) in [7, 11) is 0. The zero-order chi connectivity index (χ0) is 20.1. The summed E-state index contributed by atoms with van der Waals surface area (Å²) < 4.78 is 10.8. The van der Waals surface area contributed by atoms with Gasteiger partial charge in [-0.15, -0.1) is 0 Å². The molecule has 0 saturated carbocycles. The summed E-state index contributed by atoms with van der Waals surface area (Å²) >= 11 is 0. The molecule has 0 bridgehead atoms. The van der Waals surface area contributed by atoms with Gasteiger partial charge >= 0.3 is 0 Å². The Bertz CT molecular complexity index is 936. The summed E-state index contributed by atoms with van der Waals surface area (Å²) in [6.45, 7) is 1.47. The minimum Gasteiger partial charge on any atom is -0.467 e. The van der Waals surface area contributed by atoms with Gasteiger partial charge in [0.2, 0.25) is 11.8 Å². The monoisotopic (exact) mass is 390 g/mol. The van der Waals surface area contributed by atoms with Crippen LogP contribution in [0.25, 0.3) is 6.08 Å². The van der Waals surface area contributed by atoms with E-state index in [1.165, 1.54) is 0 Å². The lowest BCUT2D eigenvalue weighted by atomic mass is 10.1. The number of amides is 2. The van der Waals surface area contributed by atoms with Crippen LogP contribution >= 0.6 is 0 Å². The van der Waals surface area contributed by atoms with Crippen molar-refractivity contribution in [3.8, 4) is 0 Å². The van der Waals surface area contributed by atoms with Crippen LogP contribution in [0.5, 0.6) is 0 Å². The van der Waals surface area contributed by atoms with E-state index in [-0.39, 0.29) is 11.8 Å². The minimum absolute atomic E-state index is 0.142. The molecule has 0 radical (unpaired) electrons. The normalized spacial score (nSPS) is 14.1. The minimum atomic E-state index is -0.142. The van der Waals surface area contributed by atoms with Crippen LogP contribution in [0.1, 0.15) is 29.9 Å². The molecule has 6 heteroatoms. The number of nitrogens with zero attached hydrogens (tertiary/aromatic N) is 2. The van der Waals surface area contributed by atoms with Gasteiger partial charge in [-0.05, 0) is 54.5 Å². The smallest absolute Gasteiger partial charge is 0.247 e. The molecule has 0 N–H and O–H groups in total. The number of carbonyl (C=O) groups is 2. The highest BCUT2D eigenvalue weighted by atomic mass is 16.3. The second-order valence-corrected chi connectivity index (χ2v) is 6.93.